The van der Waals surface area contributed by atoms with Crippen LogP contribution in [0.15, 0.2) is 36.4 Å². The van der Waals surface area contributed by atoms with E-state index in [1.54, 1.807) is 19.9 Å². The number of nitrogens with one attached hydrogen (secondary N) is 2. The lowest BCUT2D eigenvalue weighted by atomic mass is 10.0. The second-order valence-corrected chi connectivity index (χ2v) is 8.30. The Hall–Kier alpha value is -1.66. The van der Waals surface area contributed by atoms with E-state index in [1.807, 2.05) is 18.2 Å². The van der Waals surface area contributed by atoms with Crippen LogP contribution in [-0.4, -0.2) is 20.4 Å². The van der Waals surface area contributed by atoms with Crippen molar-refractivity contribution in [3.63, 3.8) is 0 Å². The quantitative estimate of drug-likeness (QED) is 0.707. The topological polar surface area (TPSA) is 75.3 Å². The summed E-state index contributed by atoms with van der Waals surface area (Å²) < 4.78 is 26.8. The van der Waals surface area contributed by atoms with Gasteiger partial charge in [-0.15, -0.1) is 0 Å². The Morgan fingerprint density at radius 3 is 2.58 bits per heavy atom. The molecule has 0 radical (unpaired) electrons. The van der Waals surface area contributed by atoms with Crippen LogP contribution in [0.1, 0.15) is 44.2 Å². The molecule has 0 aliphatic heterocycles. The average molecular weight is 350 g/mol. The van der Waals surface area contributed by atoms with Crippen LogP contribution in [0.2, 0.25) is 0 Å². The summed E-state index contributed by atoms with van der Waals surface area (Å²) in [5, 5.41) is 2.90. The van der Waals surface area contributed by atoms with Crippen molar-refractivity contribution in [1.82, 2.24) is 10.0 Å². The normalized spacial score (nSPS) is 17.4. The van der Waals surface area contributed by atoms with Crippen molar-refractivity contribution >= 4 is 15.9 Å². The molecule has 0 saturated heterocycles. The molecule has 2 rings (SSSR count). The highest BCUT2D eigenvalue weighted by Crippen LogP contribution is 2.20. The van der Waals surface area contributed by atoms with Gasteiger partial charge in [0, 0.05) is 19.0 Å². The number of sulfonamides is 1. The summed E-state index contributed by atoms with van der Waals surface area (Å²) in [5.74, 6) is 0.253. The number of rotatable bonds is 8. The third-order valence-electron chi connectivity index (χ3n) is 3.92. The van der Waals surface area contributed by atoms with E-state index >= 15 is 0 Å². The van der Waals surface area contributed by atoms with Gasteiger partial charge in [0.25, 0.3) is 0 Å². The molecule has 1 amide bonds. The van der Waals surface area contributed by atoms with Gasteiger partial charge in [0.2, 0.25) is 15.9 Å². The molecular weight excluding hydrogens is 324 g/mol. The number of allylic oxidation sites excluding steroid dienone is 2. The molecule has 1 aliphatic carbocycles. The van der Waals surface area contributed by atoms with Crippen molar-refractivity contribution in [2.75, 3.05) is 0 Å². The number of benzene rings is 1. The van der Waals surface area contributed by atoms with E-state index in [4.69, 9.17) is 0 Å². The van der Waals surface area contributed by atoms with Gasteiger partial charge in [-0.05, 0) is 43.7 Å². The van der Waals surface area contributed by atoms with Gasteiger partial charge >= 0.3 is 0 Å². The molecule has 1 unspecified atom stereocenters. The smallest absolute Gasteiger partial charge is 0.220 e. The fourth-order valence-corrected chi connectivity index (χ4v) is 4.34. The van der Waals surface area contributed by atoms with E-state index < -0.39 is 10.0 Å². The first-order chi connectivity index (χ1) is 11.4. The molecule has 24 heavy (non-hydrogen) atoms. The molecule has 0 fully saturated rings. The lowest BCUT2D eigenvalue weighted by Crippen LogP contribution is -2.32. The predicted molar refractivity (Wildman–Crippen MR) is 95.7 cm³/mol. The van der Waals surface area contributed by atoms with Crippen LogP contribution in [0, 0.1) is 5.92 Å². The van der Waals surface area contributed by atoms with Gasteiger partial charge in [-0.3, -0.25) is 4.79 Å². The number of carbonyl (C=O) groups is 1. The van der Waals surface area contributed by atoms with Crippen LogP contribution >= 0.6 is 0 Å². The van der Waals surface area contributed by atoms with Crippen LogP contribution < -0.4 is 10.0 Å². The number of carbonyl (C=O) groups excluding carboxylic acids is 1. The van der Waals surface area contributed by atoms with Crippen molar-refractivity contribution in [3.05, 3.63) is 47.5 Å². The molecule has 0 aromatic heterocycles. The van der Waals surface area contributed by atoms with Gasteiger partial charge < -0.3 is 5.32 Å². The Morgan fingerprint density at radius 2 is 1.96 bits per heavy atom. The number of hydrogen-bond donors (Lipinski definition) is 2. The van der Waals surface area contributed by atoms with Gasteiger partial charge in [-0.2, -0.15) is 0 Å². The van der Waals surface area contributed by atoms with E-state index in [1.165, 1.54) is 0 Å². The highest BCUT2D eigenvalue weighted by molar-refractivity contribution is 7.88. The monoisotopic (exact) mass is 350 g/mol. The minimum atomic E-state index is -3.39. The Kier molecular flexibility index (Phi) is 6.57. The van der Waals surface area contributed by atoms with Gasteiger partial charge in [-0.1, -0.05) is 36.4 Å². The number of hydrogen-bond acceptors (Lipinski definition) is 3. The number of amides is 1. The van der Waals surface area contributed by atoms with Gasteiger partial charge in [0.15, 0.2) is 0 Å². The zero-order valence-corrected chi connectivity index (χ0v) is 15.1. The summed E-state index contributed by atoms with van der Waals surface area (Å²) in [6.07, 6.45) is 6.77. The maximum atomic E-state index is 12.1. The van der Waals surface area contributed by atoms with E-state index in [9.17, 15) is 13.2 Å². The Morgan fingerprint density at radius 1 is 1.25 bits per heavy atom. The first-order valence-corrected chi connectivity index (χ1v) is 10.0. The van der Waals surface area contributed by atoms with Gasteiger partial charge in [0.1, 0.15) is 0 Å². The third kappa shape index (κ3) is 6.09. The summed E-state index contributed by atoms with van der Waals surface area (Å²) in [5.41, 5.74) is 1.55. The largest absolute Gasteiger partial charge is 0.352 e. The zero-order valence-electron chi connectivity index (χ0n) is 14.3. The molecule has 0 heterocycles. The molecule has 0 bridgehead atoms. The molecule has 1 aromatic carbocycles. The molecular formula is C18H26N2O3S. The Bertz CT molecular complexity index is 696. The van der Waals surface area contributed by atoms with Crippen molar-refractivity contribution in [2.24, 2.45) is 5.92 Å². The highest BCUT2D eigenvalue weighted by atomic mass is 32.2. The van der Waals surface area contributed by atoms with Crippen LogP contribution in [0.3, 0.4) is 0 Å². The van der Waals surface area contributed by atoms with Gasteiger partial charge in [-0.25, -0.2) is 13.1 Å². The van der Waals surface area contributed by atoms with Gasteiger partial charge in [0.05, 0.1) is 5.75 Å². The second kappa shape index (κ2) is 8.44. The maximum absolute atomic E-state index is 12.1. The van der Waals surface area contributed by atoms with E-state index in [0.717, 1.165) is 18.4 Å². The van der Waals surface area contributed by atoms with Crippen molar-refractivity contribution in [2.45, 2.75) is 51.4 Å². The van der Waals surface area contributed by atoms with Crippen LogP contribution in [0.25, 0.3) is 0 Å². The minimum absolute atomic E-state index is 0.00418. The van der Waals surface area contributed by atoms with E-state index in [-0.39, 0.29) is 17.7 Å². The minimum Gasteiger partial charge on any atom is -0.352 e. The first-order valence-electron chi connectivity index (χ1n) is 8.36. The lowest BCUT2D eigenvalue weighted by Gasteiger charge is -2.14. The molecule has 1 aliphatic rings. The molecule has 1 aromatic rings. The first kappa shape index (κ1) is 18.7. The van der Waals surface area contributed by atoms with Crippen LogP contribution in [0.4, 0.5) is 0 Å². The molecule has 1 atom stereocenters. The summed E-state index contributed by atoms with van der Waals surface area (Å²) in [6, 6.07) is 7.18. The lowest BCUT2D eigenvalue weighted by molar-refractivity contribution is -0.121. The average Bonchev–Trinajstić information content (AvgIpc) is 2.97. The van der Waals surface area contributed by atoms with Crippen LogP contribution in [-0.2, 0) is 27.1 Å². The fourth-order valence-electron chi connectivity index (χ4n) is 2.85. The zero-order chi connectivity index (χ0) is 17.6. The molecule has 2 N–H and O–H groups in total. The van der Waals surface area contributed by atoms with Crippen molar-refractivity contribution in [1.29, 1.82) is 0 Å². The molecule has 0 spiro atoms. The summed E-state index contributed by atoms with van der Waals surface area (Å²) >= 11 is 0. The van der Waals surface area contributed by atoms with Crippen molar-refractivity contribution in [3.8, 4) is 0 Å². The molecule has 6 heteroatoms. The predicted octanol–water partition coefficient (Wildman–Crippen LogP) is 2.49. The molecule has 5 nitrogen and oxygen atoms in total. The maximum Gasteiger partial charge on any atom is 0.220 e. The summed E-state index contributed by atoms with van der Waals surface area (Å²) in [4.78, 5) is 12.0. The molecule has 0 saturated carbocycles. The molecule has 132 valence electrons. The van der Waals surface area contributed by atoms with E-state index in [2.05, 4.69) is 22.2 Å². The SMILES string of the molecule is CC(C)NS(=O)(=O)Cc1ccccc1CNC(=O)CC1C=CCC1. The van der Waals surface area contributed by atoms with E-state index in [0.29, 0.717) is 24.4 Å². The van der Waals surface area contributed by atoms with Crippen LogP contribution in [0.5, 0.6) is 0 Å². The second-order valence-electron chi connectivity index (χ2n) is 6.55. The summed E-state index contributed by atoms with van der Waals surface area (Å²) in [6.45, 7) is 3.94. The summed E-state index contributed by atoms with van der Waals surface area (Å²) in [7, 11) is -3.39. The Balaban J connectivity index is 1.95. The Labute approximate surface area is 144 Å². The highest BCUT2D eigenvalue weighted by Gasteiger charge is 2.17. The standard InChI is InChI=1S/C18H26N2O3S/c1-14(2)20-24(22,23)13-17-10-6-5-9-16(17)12-19-18(21)11-15-7-3-4-8-15/h3,5-7,9-10,14-15,20H,4,8,11-13H2,1-2H3,(H,19,21). The fraction of sp³-hybridized carbons (Fsp3) is 0.500. The van der Waals surface area contributed by atoms with Crippen molar-refractivity contribution < 1.29 is 13.2 Å². The third-order valence-corrected chi connectivity index (χ3v) is 5.44.